The van der Waals surface area contributed by atoms with Crippen molar-refractivity contribution < 1.29 is 39.2 Å². The molecular weight excluding hydrogens is 626 g/mol. The van der Waals surface area contributed by atoms with Crippen molar-refractivity contribution in [2.24, 2.45) is 0 Å². The zero-order chi connectivity index (χ0) is 28.8. The summed E-state index contributed by atoms with van der Waals surface area (Å²) >= 11 is 6.67. The van der Waals surface area contributed by atoms with E-state index in [1.165, 1.54) is 89.9 Å². The van der Waals surface area contributed by atoms with Crippen molar-refractivity contribution >= 4 is 11.6 Å². The minimum Gasteiger partial charge on any atom is -0.508 e. The van der Waals surface area contributed by atoms with E-state index in [1.807, 2.05) is 18.2 Å². The van der Waals surface area contributed by atoms with Crippen molar-refractivity contribution in [3.8, 4) is 5.75 Å². The number of fused-ring (bicyclic) bond motifs is 3. The van der Waals surface area contributed by atoms with Gasteiger partial charge in [-0.1, -0.05) is 122 Å². The number of nitrogens with zero attached hydrogens (tertiary/aromatic N) is 4. The van der Waals surface area contributed by atoms with E-state index >= 15 is 0 Å². The molecule has 5 nitrogen and oxygen atoms in total. The Hall–Kier alpha value is 0.189. The van der Waals surface area contributed by atoms with Crippen LogP contribution in [0.3, 0.4) is 0 Å². The van der Waals surface area contributed by atoms with Crippen LogP contribution < -0.4 is 0 Å². The molecule has 2 aliphatic rings. The molecule has 2 fully saturated rings. The zero-order valence-corrected chi connectivity index (χ0v) is 30.3. The molecule has 2 heterocycles. The Kier molecular flexibility index (Phi) is 27.6. The van der Waals surface area contributed by atoms with Gasteiger partial charge in [0.1, 0.15) is 5.75 Å². The first-order valence-corrected chi connectivity index (χ1v) is 17.2. The van der Waals surface area contributed by atoms with Gasteiger partial charge < -0.3 is 10.0 Å². The molecule has 242 valence electrons. The minimum absolute atomic E-state index is 0. The second kappa shape index (κ2) is 27.5. The van der Waals surface area contributed by atoms with Crippen molar-refractivity contribution in [3.05, 3.63) is 29.8 Å². The molecule has 1 N–H and O–H groups in total. The number of halogens is 1. The number of aromatic hydroxyl groups is 1. The Bertz CT molecular complexity index is 733. The summed E-state index contributed by atoms with van der Waals surface area (Å²) in [6, 6.07) is 7.65. The summed E-state index contributed by atoms with van der Waals surface area (Å²) < 4.78 is 0. The Morgan fingerprint density at radius 3 is 1.67 bits per heavy atom. The Morgan fingerprint density at radius 1 is 0.667 bits per heavy atom. The third-order valence-electron chi connectivity index (χ3n) is 8.64. The smallest absolute Gasteiger partial charge is 0.508 e. The fourth-order valence-electron chi connectivity index (χ4n) is 5.75. The van der Waals surface area contributed by atoms with Gasteiger partial charge in [-0.15, -0.1) is 11.6 Å². The quantitative estimate of drug-likeness (QED) is 0.0881. The number of alkyl halides is 1. The van der Waals surface area contributed by atoms with E-state index < -0.39 is 0 Å². The predicted octanol–water partition coefficient (Wildman–Crippen LogP) is 7.80. The van der Waals surface area contributed by atoms with Crippen LogP contribution in [0.1, 0.15) is 109 Å². The van der Waals surface area contributed by atoms with Crippen LogP contribution >= 0.6 is 11.6 Å². The van der Waals surface area contributed by atoms with E-state index in [1.54, 1.807) is 6.07 Å². The third-order valence-corrected chi connectivity index (χ3v) is 9.05. The second-order valence-corrected chi connectivity index (χ2v) is 12.7. The van der Waals surface area contributed by atoms with Crippen molar-refractivity contribution in [1.29, 1.82) is 0 Å². The Morgan fingerprint density at radius 2 is 1.12 bits per heavy atom. The van der Waals surface area contributed by atoms with Crippen molar-refractivity contribution in [2.45, 2.75) is 116 Å². The maximum absolute atomic E-state index is 10.1. The van der Waals surface area contributed by atoms with Gasteiger partial charge in [0.15, 0.2) is 0 Å². The molecule has 0 saturated carbocycles. The van der Waals surface area contributed by atoms with E-state index in [2.05, 4.69) is 40.5 Å². The largest absolute Gasteiger partial charge is 2.00 e. The molecule has 42 heavy (non-hydrogen) atoms. The van der Waals surface area contributed by atoms with Crippen LogP contribution in [0.15, 0.2) is 24.3 Å². The zero-order valence-electron chi connectivity index (χ0n) is 27.2. The molecule has 3 unspecified atom stereocenters. The summed E-state index contributed by atoms with van der Waals surface area (Å²) in [6.07, 6.45) is 20.4. The first kappa shape index (κ1) is 42.2. The average molecular weight is 689 g/mol. The van der Waals surface area contributed by atoms with E-state index in [9.17, 15) is 5.11 Å². The summed E-state index contributed by atoms with van der Waals surface area (Å²) in [5, 5.41) is 10.1. The number of likely N-dealkylation sites (N-methyl/N-ethyl adjacent to an activating group) is 1. The number of hydrogen-bond acceptors (Lipinski definition) is 5. The Balaban J connectivity index is 0.000000829. The summed E-state index contributed by atoms with van der Waals surface area (Å²) in [5.74, 6) is 0.393. The van der Waals surface area contributed by atoms with E-state index in [0.29, 0.717) is 5.75 Å². The molecular formula is C34H63ClMn2N4O+4. The molecule has 8 heteroatoms. The molecule has 2 bridgehead atoms. The molecule has 3 rings (SSSR count). The van der Waals surface area contributed by atoms with E-state index in [0.717, 1.165) is 71.0 Å². The standard InChI is InChI=1S/C18H29ClN4O.C16H34.2Mn/c1-20-6-7-21-8-9-22(14-16-4-2-3-5-17(16)24)11-13-23(12-10-21)18(19)15-20;1-3-5-7-9-11-13-15-16-14-12-10-8-6-4-2;;/h2-5,18,24H,6-15H2,1H3;3-16H2,1-2H3;;/q;;2*+2. The SMILES string of the molecule is CCCCCCCCCCCCCCCC.CN1CCN2CCN(Cc3ccccc3O)CCN(CC2)C(Cl)C1.[Mn+2].[Mn+2]. The molecule has 2 radical (unpaired) electrons. The van der Waals surface area contributed by atoms with Gasteiger partial charge in [0.05, 0.1) is 5.50 Å². The van der Waals surface area contributed by atoms with Crippen LogP contribution in [-0.4, -0.2) is 96.2 Å². The molecule has 3 atom stereocenters. The number of rotatable bonds is 15. The molecule has 0 spiro atoms. The number of phenols is 1. The monoisotopic (exact) mass is 688 g/mol. The number of benzene rings is 1. The maximum atomic E-state index is 10.1. The number of unbranched alkanes of at least 4 members (excludes halogenated alkanes) is 13. The first-order chi connectivity index (χ1) is 19.5. The maximum Gasteiger partial charge on any atom is 2.00 e. The van der Waals surface area contributed by atoms with Gasteiger partial charge in [-0.3, -0.25) is 14.7 Å². The molecule has 1 aromatic carbocycles. The summed E-state index contributed by atoms with van der Waals surface area (Å²) in [7, 11) is 2.16. The molecule has 2 saturated heterocycles. The van der Waals surface area contributed by atoms with Gasteiger partial charge in [0.25, 0.3) is 0 Å². The fourth-order valence-corrected chi connectivity index (χ4v) is 6.18. The molecule has 1 aromatic rings. The van der Waals surface area contributed by atoms with Crippen LogP contribution in [0.2, 0.25) is 0 Å². The first-order valence-electron chi connectivity index (χ1n) is 16.8. The van der Waals surface area contributed by atoms with Crippen molar-refractivity contribution in [2.75, 3.05) is 66.0 Å². The van der Waals surface area contributed by atoms with Gasteiger partial charge in [-0.05, 0) is 13.1 Å². The summed E-state index contributed by atoms with van der Waals surface area (Å²) in [6.45, 7) is 14.6. The normalized spacial score (nSPS) is 21.7. The Labute approximate surface area is 286 Å². The second-order valence-electron chi connectivity index (χ2n) is 12.2. The third kappa shape index (κ3) is 19.5. The van der Waals surface area contributed by atoms with Crippen LogP contribution in [0.25, 0.3) is 0 Å². The summed E-state index contributed by atoms with van der Waals surface area (Å²) in [4.78, 5) is 9.72. The molecule has 2 aliphatic heterocycles. The number of hydrogen-bond donors (Lipinski definition) is 1. The van der Waals surface area contributed by atoms with Crippen molar-refractivity contribution in [1.82, 2.24) is 19.6 Å². The molecule has 0 amide bonds. The van der Waals surface area contributed by atoms with E-state index in [-0.39, 0.29) is 39.6 Å². The topological polar surface area (TPSA) is 33.2 Å². The van der Waals surface area contributed by atoms with Crippen LogP contribution in [0.5, 0.6) is 5.75 Å². The van der Waals surface area contributed by atoms with Crippen LogP contribution in [-0.2, 0) is 40.7 Å². The predicted molar refractivity (Wildman–Crippen MR) is 175 cm³/mol. The van der Waals surface area contributed by atoms with Gasteiger partial charge in [-0.2, -0.15) is 0 Å². The van der Waals surface area contributed by atoms with Crippen LogP contribution in [0.4, 0.5) is 0 Å². The molecule has 0 aliphatic carbocycles. The average Bonchev–Trinajstić information content (AvgIpc) is 3.09. The minimum atomic E-state index is 0. The molecule has 0 aromatic heterocycles. The van der Waals surface area contributed by atoms with Gasteiger partial charge in [0, 0.05) is 71.0 Å². The van der Waals surface area contributed by atoms with Gasteiger partial charge in [0.2, 0.25) is 0 Å². The van der Waals surface area contributed by atoms with Gasteiger partial charge in [-0.25, -0.2) is 0 Å². The number of phenolic OH excluding ortho intramolecular Hbond substituents is 1. The number of para-hydroxylation sites is 1. The van der Waals surface area contributed by atoms with E-state index in [4.69, 9.17) is 11.6 Å². The van der Waals surface area contributed by atoms with Crippen LogP contribution in [0, 0.1) is 0 Å². The van der Waals surface area contributed by atoms with Gasteiger partial charge >= 0.3 is 34.1 Å². The summed E-state index contributed by atoms with van der Waals surface area (Å²) in [5.41, 5.74) is 1.07. The fraction of sp³-hybridized carbons (Fsp3) is 0.824. The van der Waals surface area contributed by atoms with Crippen molar-refractivity contribution in [3.63, 3.8) is 0 Å².